The fourth-order valence-electron chi connectivity index (χ4n) is 5.42. The van der Waals surface area contributed by atoms with Crippen LogP contribution in [0.3, 0.4) is 0 Å². The summed E-state index contributed by atoms with van der Waals surface area (Å²) in [4.78, 5) is 9.30. The van der Waals surface area contributed by atoms with Gasteiger partial charge < -0.3 is 19.7 Å². The maximum Gasteiger partial charge on any atom is 0.174 e. The average molecular weight is 496 g/mol. The Kier molecular flexibility index (Phi) is 6.79. The Morgan fingerprint density at radius 3 is 2.22 bits per heavy atom. The van der Waals surface area contributed by atoms with Gasteiger partial charge in [-0.15, -0.1) is 0 Å². The molecule has 0 saturated carbocycles. The SMILES string of the molecule is CCN(CC)c1ccc(-n2c(C)cc([C@H]3[C@@H](c4ccccn4)NC(=S)N3c3ccccc3)c2C)cc1. The average Bonchev–Trinajstić information content (AvgIpc) is 3.41. The molecule has 0 bridgehead atoms. The minimum absolute atomic E-state index is 0.0234. The second kappa shape index (κ2) is 10.2. The van der Waals surface area contributed by atoms with Crippen molar-refractivity contribution in [1.82, 2.24) is 14.9 Å². The number of thiocarbonyl (C=S) groups is 1. The van der Waals surface area contributed by atoms with Gasteiger partial charge in [-0.1, -0.05) is 24.3 Å². The van der Waals surface area contributed by atoms with Gasteiger partial charge in [-0.25, -0.2) is 0 Å². The van der Waals surface area contributed by atoms with Crippen molar-refractivity contribution in [3.05, 3.63) is 108 Å². The summed E-state index contributed by atoms with van der Waals surface area (Å²) < 4.78 is 2.35. The van der Waals surface area contributed by atoms with E-state index in [1.165, 1.54) is 28.3 Å². The molecule has 0 spiro atoms. The van der Waals surface area contributed by atoms with Gasteiger partial charge >= 0.3 is 0 Å². The lowest BCUT2D eigenvalue weighted by molar-refractivity contribution is 0.565. The topological polar surface area (TPSA) is 36.3 Å². The first-order valence-electron chi connectivity index (χ1n) is 12.6. The quantitative estimate of drug-likeness (QED) is 0.296. The third-order valence-electron chi connectivity index (χ3n) is 7.16. The Morgan fingerprint density at radius 2 is 1.58 bits per heavy atom. The molecule has 0 aliphatic carbocycles. The first-order valence-corrected chi connectivity index (χ1v) is 13.0. The van der Waals surface area contributed by atoms with E-state index in [4.69, 9.17) is 17.2 Å². The highest BCUT2D eigenvalue weighted by atomic mass is 32.1. The summed E-state index contributed by atoms with van der Waals surface area (Å²) in [5.41, 5.74) is 8.13. The van der Waals surface area contributed by atoms with Crippen molar-refractivity contribution in [3.63, 3.8) is 0 Å². The summed E-state index contributed by atoms with van der Waals surface area (Å²) in [7, 11) is 0. The molecule has 5 rings (SSSR count). The molecule has 1 N–H and O–H groups in total. The molecule has 0 amide bonds. The van der Waals surface area contributed by atoms with Crippen molar-refractivity contribution in [1.29, 1.82) is 0 Å². The predicted octanol–water partition coefficient (Wildman–Crippen LogP) is 6.51. The van der Waals surface area contributed by atoms with Gasteiger partial charge in [-0.3, -0.25) is 4.98 Å². The van der Waals surface area contributed by atoms with Crippen LogP contribution >= 0.6 is 12.2 Å². The molecule has 0 unspecified atom stereocenters. The molecule has 2 aromatic carbocycles. The lowest BCUT2D eigenvalue weighted by Crippen LogP contribution is -2.29. The van der Waals surface area contributed by atoms with Gasteiger partial charge in [0.25, 0.3) is 0 Å². The minimum atomic E-state index is -0.0575. The van der Waals surface area contributed by atoms with Crippen LogP contribution < -0.4 is 15.1 Å². The van der Waals surface area contributed by atoms with Crippen LogP contribution in [0.2, 0.25) is 0 Å². The third-order valence-corrected chi connectivity index (χ3v) is 7.47. The van der Waals surface area contributed by atoms with Crippen molar-refractivity contribution in [2.24, 2.45) is 0 Å². The molecule has 2 aromatic heterocycles. The lowest BCUT2D eigenvalue weighted by atomic mass is 9.96. The van der Waals surface area contributed by atoms with Crippen LogP contribution in [-0.2, 0) is 0 Å². The standard InChI is InChI=1S/C30H33N5S/c1-5-33(6-2)23-15-17-25(18-16-23)34-21(3)20-26(22(34)4)29-28(27-14-10-11-19-31-27)32-30(36)35(29)24-12-8-7-9-13-24/h7-20,28-29H,5-6H2,1-4H3,(H,32,36)/t28-,29+/m1/s1. The summed E-state index contributed by atoms with van der Waals surface area (Å²) in [6, 6.07) is 27.6. The molecule has 1 saturated heterocycles. The van der Waals surface area contributed by atoms with Crippen LogP contribution in [0.15, 0.2) is 85.1 Å². The van der Waals surface area contributed by atoms with Gasteiger partial charge in [0.1, 0.15) is 0 Å². The molecule has 2 atom stereocenters. The molecule has 5 nitrogen and oxygen atoms in total. The van der Waals surface area contributed by atoms with Crippen molar-refractivity contribution in [3.8, 4) is 5.69 Å². The van der Waals surface area contributed by atoms with Crippen molar-refractivity contribution in [2.75, 3.05) is 22.9 Å². The fourth-order valence-corrected chi connectivity index (χ4v) is 5.77. The van der Waals surface area contributed by atoms with Gasteiger partial charge in [-0.2, -0.15) is 0 Å². The maximum absolute atomic E-state index is 5.89. The van der Waals surface area contributed by atoms with Crippen LogP contribution in [0.4, 0.5) is 11.4 Å². The zero-order valence-electron chi connectivity index (χ0n) is 21.3. The van der Waals surface area contributed by atoms with E-state index in [2.05, 4.69) is 108 Å². The smallest absolute Gasteiger partial charge is 0.174 e. The number of rotatable bonds is 7. The minimum Gasteiger partial charge on any atom is -0.372 e. The largest absolute Gasteiger partial charge is 0.372 e. The molecular formula is C30H33N5S. The molecule has 4 aromatic rings. The van der Waals surface area contributed by atoms with E-state index >= 15 is 0 Å². The van der Waals surface area contributed by atoms with Crippen LogP contribution in [0.25, 0.3) is 5.69 Å². The monoisotopic (exact) mass is 495 g/mol. The number of aryl methyl sites for hydroxylation is 1. The molecule has 3 heterocycles. The lowest BCUT2D eigenvalue weighted by Gasteiger charge is -2.28. The number of hydrogen-bond donors (Lipinski definition) is 1. The first kappa shape index (κ1) is 24.1. The predicted molar refractivity (Wildman–Crippen MR) is 153 cm³/mol. The number of aromatic nitrogens is 2. The number of para-hydroxylation sites is 1. The summed E-state index contributed by atoms with van der Waals surface area (Å²) in [5, 5.41) is 4.29. The van der Waals surface area contributed by atoms with Crippen molar-refractivity contribution in [2.45, 2.75) is 39.8 Å². The highest BCUT2D eigenvalue weighted by Gasteiger charge is 2.42. The van der Waals surface area contributed by atoms with Crippen LogP contribution in [0, 0.1) is 13.8 Å². The number of nitrogens with one attached hydrogen (secondary N) is 1. The molecule has 0 radical (unpaired) electrons. The van der Waals surface area contributed by atoms with Gasteiger partial charge in [-0.05, 0) is 100 Å². The molecule has 6 heteroatoms. The van der Waals surface area contributed by atoms with E-state index in [1.54, 1.807) is 0 Å². The van der Waals surface area contributed by atoms with Gasteiger partial charge in [0.05, 0.1) is 17.8 Å². The molecule has 36 heavy (non-hydrogen) atoms. The van der Waals surface area contributed by atoms with E-state index in [1.807, 2.05) is 24.4 Å². The van der Waals surface area contributed by atoms with Crippen LogP contribution in [0.5, 0.6) is 0 Å². The third kappa shape index (κ3) is 4.26. The van der Waals surface area contributed by atoms with Crippen LogP contribution in [-0.4, -0.2) is 27.8 Å². The molecule has 184 valence electrons. The van der Waals surface area contributed by atoms with Gasteiger partial charge in [0.2, 0.25) is 0 Å². The summed E-state index contributed by atoms with van der Waals surface area (Å²) in [5.74, 6) is 0. The Morgan fingerprint density at radius 1 is 0.889 bits per heavy atom. The molecule has 1 fully saturated rings. The van der Waals surface area contributed by atoms with E-state index in [-0.39, 0.29) is 12.1 Å². The van der Waals surface area contributed by atoms with Crippen LogP contribution in [0.1, 0.15) is 48.6 Å². The van der Waals surface area contributed by atoms with Crippen molar-refractivity contribution >= 4 is 28.7 Å². The highest BCUT2D eigenvalue weighted by Crippen LogP contribution is 2.43. The summed E-state index contributed by atoms with van der Waals surface area (Å²) in [6.45, 7) is 10.8. The number of benzene rings is 2. The molecule has 1 aliphatic heterocycles. The Labute approximate surface area is 219 Å². The maximum atomic E-state index is 5.89. The van der Waals surface area contributed by atoms with Gasteiger partial charge in [0.15, 0.2) is 5.11 Å². The zero-order valence-corrected chi connectivity index (χ0v) is 22.2. The summed E-state index contributed by atoms with van der Waals surface area (Å²) in [6.07, 6.45) is 1.85. The van der Waals surface area contributed by atoms with E-state index in [0.29, 0.717) is 0 Å². The second-order valence-corrected chi connectivity index (χ2v) is 9.57. The molecule has 1 aliphatic rings. The van der Waals surface area contributed by atoms with Gasteiger partial charge in [0, 0.05) is 47.7 Å². The van der Waals surface area contributed by atoms with E-state index < -0.39 is 0 Å². The van der Waals surface area contributed by atoms with Crippen molar-refractivity contribution < 1.29 is 0 Å². The fraction of sp³-hybridized carbons (Fsp3) is 0.267. The number of pyridine rings is 1. The number of hydrogen-bond acceptors (Lipinski definition) is 3. The summed E-state index contributed by atoms with van der Waals surface area (Å²) >= 11 is 5.89. The Bertz CT molecular complexity index is 1330. The zero-order chi connectivity index (χ0) is 25.2. The molecular weight excluding hydrogens is 462 g/mol. The van der Waals surface area contributed by atoms with E-state index in [9.17, 15) is 0 Å². The van der Waals surface area contributed by atoms with E-state index in [0.717, 1.165) is 29.6 Å². The number of anilines is 2. The Hall–Kier alpha value is -3.64. The number of nitrogens with zero attached hydrogens (tertiary/aromatic N) is 4. The second-order valence-electron chi connectivity index (χ2n) is 9.18. The normalized spacial score (nSPS) is 17.3. The highest BCUT2D eigenvalue weighted by molar-refractivity contribution is 7.80. The first-order chi connectivity index (χ1) is 17.5. The Balaban J connectivity index is 1.60.